The third-order valence-corrected chi connectivity index (χ3v) is 7.50. The Balaban J connectivity index is 1.13. The zero-order chi connectivity index (χ0) is 23.2. The Morgan fingerprint density at radius 3 is 2.59 bits per heavy atom. The summed E-state index contributed by atoms with van der Waals surface area (Å²) in [4.78, 5) is 35.1. The normalized spacial score (nSPS) is 23.7. The number of nitrogens with zero attached hydrogens (tertiary/aromatic N) is 5. The summed E-state index contributed by atoms with van der Waals surface area (Å²) >= 11 is 0. The Labute approximate surface area is 197 Å². The molecule has 3 aliphatic rings. The van der Waals surface area contributed by atoms with Crippen LogP contribution in [0.1, 0.15) is 35.2 Å². The molecule has 2 aliphatic heterocycles. The van der Waals surface area contributed by atoms with E-state index in [0.717, 1.165) is 35.1 Å². The minimum Gasteiger partial charge on any atom is -0.493 e. The van der Waals surface area contributed by atoms with Crippen molar-refractivity contribution >= 4 is 22.7 Å². The van der Waals surface area contributed by atoms with Crippen LogP contribution >= 0.6 is 0 Å². The highest BCUT2D eigenvalue weighted by molar-refractivity contribution is 5.97. The number of pyridine rings is 1. The number of amides is 2. The van der Waals surface area contributed by atoms with Gasteiger partial charge in [-0.1, -0.05) is 12.1 Å². The van der Waals surface area contributed by atoms with Crippen LogP contribution in [0, 0.1) is 17.8 Å². The number of fused-ring (bicyclic) bond motifs is 3. The van der Waals surface area contributed by atoms with Gasteiger partial charge in [-0.15, -0.1) is 0 Å². The minimum atomic E-state index is -0.0650. The van der Waals surface area contributed by atoms with Crippen LogP contribution in [0.4, 0.5) is 0 Å². The van der Waals surface area contributed by atoms with E-state index in [9.17, 15) is 9.59 Å². The second-order valence-electron chi connectivity index (χ2n) is 9.59. The number of benzene rings is 1. The maximum absolute atomic E-state index is 13.3. The third kappa shape index (κ3) is 3.59. The molecule has 1 aliphatic carbocycles. The van der Waals surface area contributed by atoms with E-state index in [2.05, 4.69) is 20.4 Å². The van der Waals surface area contributed by atoms with Gasteiger partial charge in [0, 0.05) is 61.8 Å². The summed E-state index contributed by atoms with van der Waals surface area (Å²) < 4.78 is 5.80. The molecule has 4 heterocycles. The maximum Gasteiger partial charge on any atom is 0.272 e. The highest BCUT2D eigenvalue weighted by Crippen LogP contribution is 2.35. The van der Waals surface area contributed by atoms with Crippen LogP contribution in [0.3, 0.4) is 0 Å². The fourth-order valence-electron chi connectivity index (χ4n) is 5.78. The molecule has 2 fully saturated rings. The van der Waals surface area contributed by atoms with E-state index in [1.165, 1.54) is 0 Å². The molecule has 9 nitrogen and oxygen atoms in total. The summed E-state index contributed by atoms with van der Waals surface area (Å²) in [5, 5.41) is 12.0. The molecule has 2 aromatic heterocycles. The van der Waals surface area contributed by atoms with E-state index in [-0.39, 0.29) is 17.7 Å². The van der Waals surface area contributed by atoms with Crippen LogP contribution in [-0.4, -0.2) is 74.8 Å². The van der Waals surface area contributed by atoms with Crippen LogP contribution in [0.5, 0.6) is 5.75 Å². The first-order chi connectivity index (χ1) is 16.6. The van der Waals surface area contributed by atoms with Crippen LogP contribution in [0.2, 0.25) is 0 Å². The van der Waals surface area contributed by atoms with Crippen molar-refractivity contribution in [1.82, 2.24) is 30.2 Å². The number of carbonyl (C=O) groups excluding carboxylic acids is 2. The average molecular weight is 461 g/mol. The van der Waals surface area contributed by atoms with E-state index in [1.807, 2.05) is 41.0 Å². The highest BCUT2D eigenvalue weighted by atomic mass is 16.5. The summed E-state index contributed by atoms with van der Waals surface area (Å²) in [7, 11) is 0. The molecule has 0 radical (unpaired) electrons. The van der Waals surface area contributed by atoms with Gasteiger partial charge >= 0.3 is 0 Å². The molecule has 0 bridgehead atoms. The molecule has 9 heteroatoms. The van der Waals surface area contributed by atoms with Gasteiger partial charge in [-0.2, -0.15) is 15.4 Å². The highest BCUT2D eigenvalue weighted by Gasteiger charge is 2.44. The van der Waals surface area contributed by atoms with Crippen molar-refractivity contribution in [3.8, 4) is 5.75 Å². The van der Waals surface area contributed by atoms with Crippen molar-refractivity contribution < 1.29 is 14.3 Å². The van der Waals surface area contributed by atoms with Gasteiger partial charge in [-0.05, 0) is 31.9 Å². The van der Waals surface area contributed by atoms with E-state index in [1.54, 1.807) is 6.07 Å². The lowest BCUT2D eigenvalue weighted by molar-refractivity contribution is -0.135. The topological polar surface area (TPSA) is 104 Å². The molecule has 2 saturated heterocycles. The van der Waals surface area contributed by atoms with Gasteiger partial charge in [-0.25, -0.2) is 4.98 Å². The summed E-state index contributed by atoms with van der Waals surface area (Å²) in [5.74, 6) is 1.45. The lowest BCUT2D eigenvalue weighted by Gasteiger charge is -2.27. The van der Waals surface area contributed by atoms with E-state index >= 15 is 0 Å². The molecule has 0 unspecified atom stereocenters. The first-order valence-corrected chi connectivity index (χ1v) is 12.1. The molecule has 176 valence electrons. The Morgan fingerprint density at radius 1 is 1.06 bits per heavy atom. The number of nitrogens with one attached hydrogen (secondary N) is 1. The number of carbonyl (C=O) groups is 2. The fraction of sp³-hybridized carbons (Fsp3) is 0.480. The second kappa shape index (κ2) is 8.38. The molecular formula is C25H28N6O3. The van der Waals surface area contributed by atoms with Crippen LogP contribution in [0.15, 0.2) is 30.3 Å². The molecule has 2 amide bonds. The third-order valence-electron chi connectivity index (χ3n) is 7.50. The van der Waals surface area contributed by atoms with Gasteiger partial charge in [0.15, 0.2) is 0 Å². The average Bonchev–Trinajstić information content (AvgIpc) is 3.57. The number of likely N-dealkylation sites (tertiary alicyclic amines) is 2. The Bertz CT molecular complexity index is 1240. The number of H-pyrrole nitrogens is 1. The fourth-order valence-corrected chi connectivity index (χ4v) is 5.78. The van der Waals surface area contributed by atoms with Gasteiger partial charge in [0.25, 0.3) is 5.91 Å². The summed E-state index contributed by atoms with van der Waals surface area (Å²) in [5.41, 5.74) is 3.10. The summed E-state index contributed by atoms with van der Waals surface area (Å²) in [6, 6.07) is 9.49. The number of hydrogen-bond donors (Lipinski definition) is 1. The number of aromatic nitrogens is 4. The molecule has 3 atom stereocenters. The predicted octanol–water partition coefficient (Wildman–Crippen LogP) is 2.09. The predicted molar refractivity (Wildman–Crippen MR) is 124 cm³/mol. The number of para-hydroxylation sites is 1. The molecular weight excluding hydrogens is 432 g/mol. The van der Waals surface area contributed by atoms with Crippen molar-refractivity contribution in [2.75, 3.05) is 32.8 Å². The van der Waals surface area contributed by atoms with E-state index in [0.29, 0.717) is 62.5 Å². The zero-order valence-electron chi connectivity index (χ0n) is 19.2. The molecule has 6 rings (SSSR count). The van der Waals surface area contributed by atoms with Gasteiger partial charge in [-0.3, -0.25) is 9.59 Å². The first-order valence-electron chi connectivity index (χ1n) is 12.1. The summed E-state index contributed by atoms with van der Waals surface area (Å²) in [6.45, 7) is 5.20. The van der Waals surface area contributed by atoms with Crippen molar-refractivity contribution in [3.63, 3.8) is 0 Å². The van der Waals surface area contributed by atoms with Crippen molar-refractivity contribution in [2.45, 2.75) is 26.2 Å². The Morgan fingerprint density at radius 2 is 1.79 bits per heavy atom. The second-order valence-corrected chi connectivity index (χ2v) is 9.59. The largest absolute Gasteiger partial charge is 0.493 e. The van der Waals surface area contributed by atoms with Crippen molar-refractivity contribution in [2.24, 2.45) is 17.8 Å². The lowest BCUT2D eigenvalue weighted by Crippen LogP contribution is -2.40. The number of aryl methyl sites for hydroxylation is 1. The number of rotatable bonds is 4. The maximum atomic E-state index is 13.3. The Kier molecular flexibility index (Phi) is 5.19. The number of ether oxygens (including phenoxy) is 1. The van der Waals surface area contributed by atoms with Crippen LogP contribution in [-0.2, 0) is 17.6 Å². The lowest BCUT2D eigenvalue weighted by atomic mass is 9.89. The van der Waals surface area contributed by atoms with E-state index < -0.39 is 0 Å². The van der Waals surface area contributed by atoms with Gasteiger partial charge in [0.1, 0.15) is 11.4 Å². The molecule has 3 aromatic rings. The van der Waals surface area contributed by atoms with Crippen LogP contribution < -0.4 is 4.74 Å². The smallest absolute Gasteiger partial charge is 0.272 e. The summed E-state index contributed by atoms with van der Waals surface area (Å²) in [6.07, 6.45) is 2.29. The van der Waals surface area contributed by atoms with Gasteiger partial charge in [0.05, 0.1) is 23.5 Å². The monoisotopic (exact) mass is 460 g/mol. The van der Waals surface area contributed by atoms with Crippen molar-refractivity contribution in [3.05, 3.63) is 47.4 Å². The van der Waals surface area contributed by atoms with Crippen molar-refractivity contribution in [1.29, 1.82) is 0 Å². The number of hydrogen-bond acceptors (Lipinski definition) is 6. The standard InChI is InChI=1S/C25H28N6O3/c1-2-34-23-10-22(26-19-6-4-3-5-18(19)23)25(33)31-13-16-11-30(12-17(16)14-31)24(32)15-7-8-20-21(9-15)28-29-27-20/h3-6,10,15-17H,2,7-9,11-14H2,1H3,(H,27,28,29)/t15-,16+,17+/m1/s1. The SMILES string of the molecule is CCOc1cc(C(=O)N2C[C@@H]3CN(C(=O)[C@@H]4CCc5n[nH]nc5C4)C[C@H]3C2)nc2ccccc12. The van der Waals surface area contributed by atoms with Gasteiger partial charge in [0.2, 0.25) is 5.91 Å². The molecule has 0 saturated carbocycles. The van der Waals surface area contributed by atoms with E-state index in [4.69, 9.17) is 4.74 Å². The Hall–Kier alpha value is -3.49. The zero-order valence-corrected chi connectivity index (χ0v) is 19.2. The first kappa shape index (κ1) is 21.1. The molecule has 34 heavy (non-hydrogen) atoms. The van der Waals surface area contributed by atoms with Crippen LogP contribution in [0.25, 0.3) is 10.9 Å². The molecule has 1 aromatic carbocycles. The molecule has 0 spiro atoms. The number of aromatic amines is 1. The molecule has 1 N–H and O–H groups in total. The quantitative estimate of drug-likeness (QED) is 0.639. The minimum absolute atomic E-state index is 0.0204. The van der Waals surface area contributed by atoms with Gasteiger partial charge < -0.3 is 14.5 Å².